The Hall–Kier alpha value is -3.06. The molecule has 1 fully saturated rings. The zero-order valence-corrected chi connectivity index (χ0v) is 15.5. The molecule has 0 N–H and O–H groups in total. The summed E-state index contributed by atoms with van der Waals surface area (Å²) in [6, 6.07) is 19.5. The van der Waals surface area contributed by atoms with Crippen LogP contribution in [0.1, 0.15) is 36.8 Å². The van der Waals surface area contributed by atoms with Crippen molar-refractivity contribution in [2.24, 2.45) is 0 Å². The molecule has 1 amide bonds. The molecule has 2 aromatic carbocycles. The van der Waals surface area contributed by atoms with Crippen LogP contribution in [0.15, 0.2) is 66.7 Å². The van der Waals surface area contributed by atoms with Gasteiger partial charge in [0.25, 0.3) is 0 Å². The Morgan fingerprint density at radius 3 is 2.63 bits per heavy atom. The van der Waals surface area contributed by atoms with Crippen LogP contribution in [0.3, 0.4) is 0 Å². The third-order valence-electron chi connectivity index (χ3n) is 4.87. The quantitative estimate of drug-likeness (QED) is 0.748. The second kappa shape index (κ2) is 9.05. The Kier molecular flexibility index (Phi) is 6.27. The number of ether oxygens (including phenoxy) is 1. The highest BCUT2D eigenvalue weighted by atomic mass is 16.5. The van der Waals surface area contributed by atoms with Crippen molar-refractivity contribution < 1.29 is 9.53 Å². The van der Waals surface area contributed by atoms with Crippen LogP contribution in [0.4, 0.5) is 0 Å². The van der Waals surface area contributed by atoms with E-state index in [1.807, 2.05) is 41.3 Å². The van der Waals surface area contributed by atoms with Gasteiger partial charge in [-0.2, -0.15) is 5.26 Å². The molecular weight excluding hydrogens is 336 g/mol. The van der Waals surface area contributed by atoms with Gasteiger partial charge in [0.1, 0.15) is 11.9 Å². The number of piperidine rings is 1. The van der Waals surface area contributed by atoms with Crippen molar-refractivity contribution in [1.82, 2.24) is 4.90 Å². The molecule has 0 radical (unpaired) electrons. The van der Waals surface area contributed by atoms with E-state index < -0.39 is 0 Å². The summed E-state index contributed by atoms with van der Waals surface area (Å²) < 4.78 is 5.97. The van der Waals surface area contributed by atoms with E-state index in [0.717, 1.165) is 18.6 Å². The molecule has 0 spiro atoms. The Labute approximate surface area is 160 Å². The smallest absolute Gasteiger partial charge is 0.246 e. The van der Waals surface area contributed by atoms with Crippen LogP contribution in [0.2, 0.25) is 0 Å². The number of carbonyl (C=O) groups is 1. The van der Waals surface area contributed by atoms with Gasteiger partial charge in [-0.3, -0.25) is 4.79 Å². The maximum atomic E-state index is 12.4. The van der Waals surface area contributed by atoms with Gasteiger partial charge < -0.3 is 9.64 Å². The highest BCUT2D eigenvalue weighted by Gasteiger charge is 2.23. The number of likely N-dealkylation sites (tertiary alicyclic amines) is 1. The molecule has 0 aliphatic carbocycles. The lowest BCUT2D eigenvalue weighted by Gasteiger charge is -2.31. The molecule has 3 rings (SSSR count). The summed E-state index contributed by atoms with van der Waals surface area (Å²) in [5, 5.41) is 8.97. The SMILES string of the molecule is C[C@@H](/C=C/C(=O)N1CCC(Oc2cccc(C#N)c2)CC1)c1ccccc1. The van der Waals surface area contributed by atoms with E-state index in [1.165, 1.54) is 5.56 Å². The summed E-state index contributed by atoms with van der Waals surface area (Å²) in [6.07, 6.45) is 5.33. The van der Waals surface area contributed by atoms with E-state index in [0.29, 0.717) is 18.7 Å². The number of carbonyl (C=O) groups excluding carboxylic acids is 1. The van der Waals surface area contributed by atoms with Gasteiger partial charge in [0.05, 0.1) is 11.6 Å². The minimum absolute atomic E-state index is 0.0581. The second-order valence-electron chi connectivity index (χ2n) is 6.84. The fraction of sp³-hybridized carbons (Fsp3) is 0.304. The lowest BCUT2D eigenvalue weighted by atomic mass is 10.0. The third kappa shape index (κ3) is 5.21. The van der Waals surface area contributed by atoms with Crippen LogP contribution in [0, 0.1) is 11.3 Å². The summed E-state index contributed by atoms with van der Waals surface area (Å²) in [5.74, 6) is 0.988. The first-order valence-corrected chi connectivity index (χ1v) is 9.34. The van der Waals surface area contributed by atoms with E-state index in [4.69, 9.17) is 10.00 Å². The van der Waals surface area contributed by atoms with E-state index in [-0.39, 0.29) is 17.9 Å². The average Bonchev–Trinajstić information content (AvgIpc) is 2.73. The van der Waals surface area contributed by atoms with Gasteiger partial charge in [0, 0.05) is 25.9 Å². The monoisotopic (exact) mass is 360 g/mol. The highest BCUT2D eigenvalue weighted by molar-refractivity contribution is 5.87. The van der Waals surface area contributed by atoms with Crippen molar-refractivity contribution in [2.75, 3.05) is 13.1 Å². The first kappa shape index (κ1) is 18.7. The number of rotatable bonds is 5. The normalized spacial score (nSPS) is 16.1. The zero-order chi connectivity index (χ0) is 19.1. The largest absolute Gasteiger partial charge is 0.490 e. The van der Waals surface area contributed by atoms with Crippen molar-refractivity contribution in [3.63, 3.8) is 0 Å². The lowest BCUT2D eigenvalue weighted by molar-refractivity contribution is -0.127. The fourth-order valence-electron chi connectivity index (χ4n) is 3.23. The van der Waals surface area contributed by atoms with Gasteiger partial charge in [-0.1, -0.05) is 49.4 Å². The molecule has 0 aromatic heterocycles. The van der Waals surface area contributed by atoms with Gasteiger partial charge in [0.2, 0.25) is 5.91 Å². The molecule has 0 unspecified atom stereocenters. The molecule has 1 atom stereocenters. The van der Waals surface area contributed by atoms with Crippen LogP contribution in [-0.2, 0) is 4.79 Å². The first-order chi connectivity index (χ1) is 13.2. The molecule has 0 saturated carbocycles. The van der Waals surface area contributed by atoms with E-state index >= 15 is 0 Å². The van der Waals surface area contributed by atoms with Crippen LogP contribution in [-0.4, -0.2) is 30.0 Å². The predicted molar refractivity (Wildman–Crippen MR) is 105 cm³/mol. The summed E-state index contributed by atoms with van der Waals surface area (Å²) in [5.41, 5.74) is 1.80. The van der Waals surface area contributed by atoms with Gasteiger partial charge in [-0.15, -0.1) is 0 Å². The molecule has 4 nitrogen and oxygen atoms in total. The molecular formula is C23H24N2O2. The Balaban J connectivity index is 1.49. The van der Waals surface area contributed by atoms with Crippen LogP contribution in [0.5, 0.6) is 5.75 Å². The van der Waals surface area contributed by atoms with Crippen molar-refractivity contribution in [3.8, 4) is 11.8 Å². The van der Waals surface area contributed by atoms with Crippen molar-refractivity contribution in [1.29, 1.82) is 5.26 Å². The third-order valence-corrected chi connectivity index (χ3v) is 4.87. The average molecular weight is 360 g/mol. The molecule has 1 aliphatic heterocycles. The van der Waals surface area contributed by atoms with Crippen molar-refractivity contribution >= 4 is 5.91 Å². The topological polar surface area (TPSA) is 53.3 Å². The molecule has 4 heteroatoms. The van der Waals surface area contributed by atoms with E-state index in [9.17, 15) is 4.79 Å². The second-order valence-corrected chi connectivity index (χ2v) is 6.84. The van der Waals surface area contributed by atoms with Crippen LogP contribution >= 0.6 is 0 Å². The molecule has 27 heavy (non-hydrogen) atoms. The predicted octanol–water partition coefficient (Wildman–Crippen LogP) is 4.29. The van der Waals surface area contributed by atoms with Crippen LogP contribution in [0.25, 0.3) is 0 Å². The molecule has 1 saturated heterocycles. The summed E-state index contributed by atoms with van der Waals surface area (Å²) in [6.45, 7) is 3.46. The zero-order valence-electron chi connectivity index (χ0n) is 15.5. The van der Waals surface area contributed by atoms with Gasteiger partial charge in [-0.05, 0) is 35.8 Å². The number of benzene rings is 2. The number of hydrogen-bond donors (Lipinski definition) is 0. The molecule has 0 bridgehead atoms. The first-order valence-electron chi connectivity index (χ1n) is 9.34. The molecule has 2 aromatic rings. The van der Waals surface area contributed by atoms with Gasteiger partial charge in [0.15, 0.2) is 0 Å². The molecule has 1 heterocycles. The van der Waals surface area contributed by atoms with Gasteiger partial charge in [-0.25, -0.2) is 0 Å². The van der Waals surface area contributed by atoms with Crippen molar-refractivity contribution in [2.45, 2.75) is 31.8 Å². The van der Waals surface area contributed by atoms with E-state index in [2.05, 4.69) is 25.1 Å². The van der Waals surface area contributed by atoms with Gasteiger partial charge >= 0.3 is 0 Å². The summed E-state index contributed by atoms with van der Waals surface area (Å²) >= 11 is 0. The maximum absolute atomic E-state index is 12.4. The minimum Gasteiger partial charge on any atom is -0.490 e. The highest BCUT2D eigenvalue weighted by Crippen LogP contribution is 2.21. The Morgan fingerprint density at radius 1 is 1.19 bits per heavy atom. The number of allylic oxidation sites excluding steroid dienone is 1. The summed E-state index contributed by atoms with van der Waals surface area (Å²) in [7, 11) is 0. The Bertz CT molecular complexity index is 831. The molecule has 138 valence electrons. The number of hydrogen-bond acceptors (Lipinski definition) is 3. The summed E-state index contributed by atoms with van der Waals surface area (Å²) in [4.78, 5) is 14.3. The van der Waals surface area contributed by atoms with E-state index in [1.54, 1.807) is 18.2 Å². The standard InChI is InChI=1S/C23H24N2O2/c1-18(20-7-3-2-4-8-20)10-11-23(26)25-14-12-21(13-15-25)27-22-9-5-6-19(16-22)17-24/h2-11,16,18,21H,12-15H2,1H3/b11-10+/t18-/m0/s1. The number of nitrogens with zero attached hydrogens (tertiary/aromatic N) is 2. The molecule has 1 aliphatic rings. The Morgan fingerprint density at radius 2 is 1.93 bits per heavy atom. The van der Waals surface area contributed by atoms with Crippen molar-refractivity contribution in [3.05, 3.63) is 77.9 Å². The van der Waals surface area contributed by atoms with Crippen LogP contribution < -0.4 is 4.74 Å². The fourth-order valence-corrected chi connectivity index (χ4v) is 3.23. The minimum atomic E-state index is 0.0581. The number of amides is 1. The lowest BCUT2D eigenvalue weighted by Crippen LogP contribution is -2.41. The number of nitriles is 1. The maximum Gasteiger partial charge on any atom is 0.246 e.